The second-order valence-electron chi connectivity index (χ2n) is 6.43. The number of aromatic nitrogens is 1. The first kappa shape index (κ1) is 15.5. The molecule has 1 fully saturated rings. The van der Waals surface area contributed by atoms with Crippen molar-refractivity contribution >= 4 is 0 Å². The third kappa shape index (κ3) is 4.57. The first-order chi connectivity index (χ1) is 9.74. The molecule has 112 valence electrons. The zero-order chi connectivity index (χ0) is 14.3. The van der Waals surface area contributed by atoms with Crippen LogP contribution in [0.5, 0.6) is 0 Å². The van der Waals surface area contributed by atoms with Crippen molar-refractivity contribution in [3.8, 4) is 0 Å². The molecule has 1 aliphatic rings. The van der Waals surface area contributed by atoms with Crippen LogP contribution in [0.1, 0.15) is 37.7 Å². The van der Waals surface area contributed by atoms with Crippen molar-refractivity contribution in [3.05, 3.63) is 30.1 Å². The molecule has 0 aliphatic heterocycles. The minimum absolute atomic E-state index is 0.500. The Labute approximate surface area is 123 Å². The standard InChI is InChI=1S/C17H29N3/c1-18-14-17(9-4-3-5-10-17)15-20(2)13-8-16-6-11-19-12-7-16/h6-7,11-12,18H,3-5,8-10,13-15H2,1-2H3. The molecule has 0 bridgehead atoms. The molecule has 1 saturated carbocycles. The number of rotatable bonds is 7. The van der Waals surface area contributed by atoms with Gasteiger partial charge in [0.05, 0.1) is 0 Å². The smallest absolute Gasteiger partial charge is 0.0270 e. The molecule has 0 atom stereocenters. The second-order valence-corrected chi connectivity index (χ2v) is 6.43. The highest BCUT2D eigenvalue weighted by atomic mass is 15.1. The summed E-state index contributed by atoms with van der Waals surface area (Å²) in [6.45, 7) is 3.51. The van der Waals surface area contributed by atoms with Crippen LogP contribution >= 0.6 is 0 Å². The van der Waals surface area contributed by atoms with Gasteiger partial charge >= 0.3 is 0 Å². The third-order valence-electron chi connectivity index (χ3n) is 4.60. The molecule has 1 aromatic rings. The lowest BCUT2D eigenvalue weighted by Gasteiger charge is -2.40. The van der Waals surface area contributed by atoms with Crippen molar-refractivity contribution in [1.82, 2.24) is 15.2 Å². The van der Waals surface area contributed by atoms with Crippen molar-refractivity contribution in [2.75, 3.05) is 33.7 Å². The topological polar surface area (TPSA) is 28.2 Å². The fourth-order valence-corrected chi connectivity index (χ4v) is 3.59. The van der Waals surface area contributed by atoms with E-state index in [2.05, 4.69) is 41.4 Å². The van der Waals surface area contributed by atoms with Gasteiger partial charge in [0, 0.05) is 32.0 Å². The molecule has 1 aromatic heterocycles. The summed E-state index contributed by atoms with van der Waals surface area (Å²) in [6.07, 6.45) is 11.9. The minimum Gasteiger partial charge on any atom is -0.319 e. The molecule has 1 N–H and O–H groups in total. The SMILES string of the molecule is CNCC1(CN(C)CCc2ccncc2)CCCCC1. The minimum atomic E-state index is 0.500. The fraction of sp³-hybridized carbons (Fsp3) is 0.706. The zero-order valence-electron chi connectivity index (χ0n) is 13.1. The van der Waals surface area contributed by atoms with E-state index in [1.165, 1.54) is 44.2 Å². The largest absolute Gasteiger partial charge is 0.319 e. The summed E-state index contributed by atoms with van der Waals surface area (Å²) < 4.78 is 0. The highest BCUT2D eigenvalue weighted by molar-refractivity contribution is 5.09. The average molecular weight is 275 g/mol. The maximum Gasteiger partial charge on any atom is 0.0270 e. The molecular formula is C17H29N3. The third-order valence-corrected chi connectivity index (χ3v) is 4.60. The van der Waals surface area contributed by atoms with Crippen LogP contribution in [0.15, 0.2) is 24.5 Å². The summed E-state index contributed by atoms with van der Waals surface area (Å²) >= 11 is 0. The van der Waals surface area contributed by atoms with Crippen LogP contribution in [-0.4, -0.2) is 43.6 Å². The van der Waals surface area contributed by atoms with E-state index >= 15 is 0 Å². The first-order valence-electron chi connectivity index (χ1n) is 7.96. The van der Waals surface area contributed by atoms with Crippen LogP contribution in [0.2, 0.25) is 0 Å². The van der Waals surface area contributed by atoms with E-state index in [0.29, 0.717) is 5.41 Å². The molecule has 0 saturated heterocycles. The van der Waals surface area contributed by atoms with E-state index in [1.807, 2.05) is 12.4 Å². The Kier molecular flexibility index (Phi) is 5.99. The number of hydrogen-bond donors (Lipinski definition) is 1. The van der Waals surface area contributed by atoms with Crippen LogP contribution in [0, 0.1) is 5.41 Å². The van der Waals surface area contributed by atoms with Gasteiger partial charge in [-0.15, -0.1) is 0 Å². The van der Waals surface area contributed by atoms with E-state index in [-0.39, 0.29) is 0 Å². The zero-order valence-corrected chi connectivity index (χ0v) is 13.1. The molecule has 3 heteroatoms. The van der Waals surface area contributed by atoms with Crippen LogP contribution in [-0.2, 0) is 6.42 Å². The molecule has 0 spiro atoms. The van der Waals surface area contributed by atoms with Crippen LogP contribution in [0.3, 0.4) is 0 Å². The lowest BCUT2D eigenvalue weighted by molar-refractivity contribution is 0.120. The Balaban J connectivity index is 1.83. The fourth-order valence-electron chi connectivity index (χ4n) is 3.59. The van der Waals surface area contributed by atoms with E-state index in [9.17, 15) is 0 Å². The van der Waals surface area contributed by atoms with Gasteiger partial charge in [-0.05, 0) is 56.5 Å². The summed E-state index contributed by atoms with van der Waals surface area (Å²) in [5.74, 6) is 0. The van der Waals surface area contributed by atoms with Gasteiger partial charge in [0.2, 0.25) is 0 Å². The molecule has 1 heterocycles. The van der Waals surface area contributed by atoms with E-state index in [1.54, 1.807) is 0 Å². The predicted octanol–water partition coefficient (Wildman–Crippen LogP) is 2.73. The molecule has 0 radical (unpaired) electrons. The normalized spacial score (nSPS) is 18.4. The summed E-state index contributed by atoms with van der Waals surface area (Å²) in [5.41, 5.74) is 1.89. The maximum absolute atomic E-state index is 4.08. The van der Waals surface area contributed by atoms with Gasteiger partial charge in [0.1, 0.15) is 0 Å². The van der Waals surface area contributed by atoms with Gasteiger partial charge in [0.15, 0.2) is 0 Å². The van der Waals surface area contributed by atoms with E-state index < -0.39 is 0 Å². The number of pyridine rings is 1. The van der Waals surface area contributed by atoms with E-state index in [4.69, 9.17) is 0 Å². The Morgan fingerprint density at radius 2 is 1.90 bits per heavy atom. The van der Waals surface area contributed by atoms with Gasteiger partial charge in [-0.1, -0.05) is 19.3 Å². The summed E-state index contributed by atoms with van der Waals surface area (Å²) in [7, 11) is 4.36. The number of likely N-dealkylation sites (N-methyl/N-ethyl adjacent to an activating group) is 1. The number of hydrogen-bond acceptors (Lipinski definition) is 3. The van der Waals surface area contributed by atoms with Crippen LogP contribution in [0.4, 0.5) is 0 Å². The lowest BCUT2D eigenvalue weighted by Crippen LogP contribution is -2.44. The second kappa shape index (κ2) is 7.75. The van der Waals surface area contributed by atoms with Crippen LogP contribution in [0.25, 0.3) is 0 Å². The molecule has 0 amide bonds. The maximum atomic E-state index is 4.08. The monoisotopic (exact) mass is 275 g/mol. The molecule has 2 rings (SSSR count). The van der Waals surface area contributed by atoms with Crippen molar-refractivity contribution in [2.24, 2.45) is 5.41 Å². The van der Waals surface area contributed by atoms with Crippen molar-refractivity contribution in [1.29, 1.82) is 0 Å². The Hall–Kier alpha value is -0.930. The average Bonchev–Trinajstić information content (AvgIpc) is 2.47. The Morgan fingerprint density at radius 3 is 2.55 bits per heavy atom. The van der Waals surface area contributed by atoms with Gasteiger partial charge in [0.25, 0.3) is 0 Å². The van der Waals surface area contributed by atoms with Gasteiger partial charge in [-0.2, -0.15) is 0 Å². The first-order valence-corrected chi connectivity index (χ1v) is 7.96. The Morgan fingerprint density at radius 1 is 1.20 bits per heavy atom. The number of nitrogens with zero attached hydrogens (tertiary/aromatic N) is 2. The highest BCUT2D eigenvalue weighted by Crippen LogP contribution is 2.36. The molecular weight excluding hydrogens is 246 g/mol. The summed E-state index contributed by atoms with van der Waals surface area (Å²) in [4.78, 5) is 6.60. The summed E-state index contributed by atoms with van der Waals surface area (Å²) in [6, 6.07) is 4.25. The molecule has 1 aliphatic carbocycles. The molecule has 3 nitrogen and oxygen atoms in total. The molecule has 20 heavy (non-hydrogen) atoms. The van der Waals surface area contributed by atoms with Crippen molar-refractivity contribution in [2.45, 2.75) is 38.5 Å². The van der Waals surface area contributed by atoms with Gasteiger partial charge in [-0.25, -0.2) is 0 Å². The number of nitrogens with one attached hydrogen (secondary N) is 1. The summed E-state index contributed by atoms with van der Waals surface area (Å²) in [5, 5.41) is 3.42. The Bertz CT molecular complexity index is 366. The molecule has 0 unspecified atom stereocenters. The molecule has 0 aromatic carbocycles. The van der Waals surface area contributed by atoms with Gasteiger partial charge in [-0.3, -0.25) is 4.98 Å². The van der Waals surface area contributed by atoms with Crippen LogP contribution < -0.4 is 5.32 Å². The quantitative estimate of drug-likeness (QED) is 0.829. The lowest BCUT2D eigenvalue weighted by atomic mass is 9.73. The van der Waals surface area contributed by atoms with Crippen molar-refractivity contribution in [3.63, 3.8) is 0 Å². The van der Waals surface area contributed by atoms with E-state index in [0.717, 1.165) is 19.5 Å². The predicted molar refractivity (Wildman–Crippen MR) is 84.9 cm³/mol. The van der Waals surface area contributed by atoms with Crippen molar-refractivity contribution < 1.29 is 0 Å². The highest BCUT2D eigenvalue weighted by Gasteiger charge is 2.32. The van der Waals surface area contributed by atoms with Gasteiger partial charge < -0.3 is 10.2 Å².